The van der Waals surface area contributed by atoms with E-state index in [0.29, 0.717) is 30.1 Å². The summed E-state index contributed by atoms with van der Waals surface area (Å²) in [6.45, 7) is 4.37. The van der Waals surface area contributed by atoms with Gasteiger partial charge in [-0.15, -0.1) is 0 Å². The minimum atomic E-state index is -3.57. The number of amides is 2. The summed E-state index contributed by atoms with van der Waals surface area (Å²) in [5, 5.41) is 3.63. The molecule has 208 valence electrons. The van der Waals surface area contributed by atoms with Gasteiger partial charge in [0.15, 0.2) is 0 Å². The molecule has 0 bridgehead atoms. The average molecular weight is 562 g/mol. The summed E-state index contributed by atoms with van der Waals surface area (Å²) in [4.78, 5) is 28.6. The van der Waals surface area contributed by atoms with Crippen LogP contribution in [0, 0.1) is 6.92 Å². The molecule has 7 nitrogen and oxygen atoms in total. The fourth-order valence-electron chi connectivity index (χ4n) is 5.11. The fraction of sp³-hybridized carbons (Fsp3) is 0.517. The first-order chi connectivity index (χ1) is 18.1. The average Bonchev–Trinajstić information content (AvgIpc) is 2.86. The van der Waals surface area contributed by atoms with Crippen molar-refractivity contribution in [1.29, 1.82) is 0 Å². The molecule has 9 heteroatoms. The first kappa shape index (κ1) is 30.0. The van der Waals surface area contributed by atoms with Crippen LogP contribution in [0.3, 0.4) is 0 Å². The van der Waals surface area contributed by atoms with Crippen LogP contribution in [0.25, 0.3) is 0 Å². The molecule has 0 saturated heterocycles. The molecule has 0 spiro atoms. The Bertz CT molecular complexity index is 1200. The molecule has 3 rings (SSSR count). The lowest BCUT2D eigenvalue weighted by atomic mass is 9.95. The van der Waals surface area contributed by atoms with E-state index >= 15 is 0 Å². The second kappa shape index (κ2) is 14.0. The Morgan fingerprint density at radius 1 is 1.08 bits per heavy atom. The summed E-state index contributed by atoms with van der Waals surface area (Å²) in [5.41, 5.74) is 2.50. The van der Waals surface area contributed by atoms with E-state index in [-0.39, 0.29) is 30.8 Å². The summed E-state index contributed by atoms with van der Waals surface area (Å²) < 4.78 is 26.3. The maximum atomic E-state index is 13.6. The van der Waals surface area contributed by atoms with Crippen LogP contribution in [0.5, 0.6) is 0 Å². The molecule has 1 saturated carbocycles. The van der Waals surface area contributed by atoms with Crippen LogP contribution < -0.4 is 9.62 Å². The van der Waals surface area contributed by atoms with Gasteiger partial charge < -0.3 is 10.2 Å². The number of nitrogens with one attached hydrogen (secondary N) is 1. The van der Waals surface area contributed by atoms with Gasteiger partial charge in [-0.3, -0.25) is 13.9 Å². The summed E-state index contributed by atoms with van der Waals surface area (Å²) in [6.07, 6.45) is 7.42. The molecule has 2 amide bonds. The van der Waals surface area contributed by atoms with Gasteiger partial charge in [-0.05, 0) is 56.4 Å². The molecule has 0 aliphatic heterocycles. The van der Waals surface area contributed by atoms with Crippen LogP contribution in [-0.4, -0.2) is 50.0 Å². The van der Waals surface area contributed by atoms with Crippen LogP contribution in [0.2, 0.25) is 5.02 Å². The van der Waals surface area contributed by atoms with Crippen molar-refractivity contribution in [3.63, 3.8) is 0 Å². The quantitative estimate of drug-likeness (QED) is 0.373. The molecule has 2 aromatic carbocycles. The molecule has 38 heavy (non-hydrogen) atoms. The summed E-state index contributed by atoms with van der Waals surface area (Å²) >= 11 is 6.08. The van der Waals surface area contributed by atoms with Crippen LogP contribution in [0.1, 0.15) is 69.4 Å². The number of aryl methyl sites for hydroxylation is 1. The minimum Gasteiger partial charge on any atom is -0.352 e. The van der Waals surface area contributed by atoms with Crippen molar-refractivity contribution >= 4 is 39.1 Å². The fourth-order valence-corrected chi connectivity index (χ4v) is 6.25. The van der Waals surface area contributed by atoms with E-state index in [1.165, 1.54) is 10.7 Å². The lowest BCUT2D eigenvalue weighted by Crippen LogP contribution is -2.51. The molecular formula is C29H40ClN3O4S. The topological polar surface area (TPSA) is 86.8 Å². The van der Waals surface area contributed by atoms with E-state index in [1.807, 2.05) is 38.1 Å². The van der Waals surface area contributed by atoms with Crippen LogP contribution in [0.4, 0.5) is 5.69 Å². The number of anilines is 1. The minimum absolute atomic E-state index is 0.114. The lowest BCUT2D eigenvalue weighted by molar-refractivity contribution is -0.141. The number of sulfonamides is 1. The summed E-state index contributed by atoms with van der Waals surface area (Å²) in [7, 11) is -3.57. The maximum absolute atomic E-state index is 13.6. The van der Waals surface area contributed by atoms with E-state index in [0.717, 1.165) is 43.1 Å². The van der Waals surface area contributed by atoms with Gasteiger partial charge in [0.1, 0.15) is 6.04 Å². The third-order valence-electron chi connectivity index (χ3n) is 7.02. The molecular weight excluding hydrogens is 522 g/mol. The van der Waals surface area contributed by atoms with Crippen molar-refractivity contribution in [2.45, 2.75) is 83.8 Å². The Labute approximate surface area is 232 Å². The number of nitrogens with zero attached hydrogens (tertiary/aromatic N) is 2. The summed E-state index contributed by atoms with van der Waals surface area (Å²) in [5.74, 6) is -0.284. The molecule has 2 aromatic rings. The van der Waals surface area contributed by atoms with Crippen molar-refractivity contribution in [3.05, 3.63) is 64.7 Å². The van der Waals surface area contributed by atoms with E-state index in [4.69, 9.17) is 11.6 Å². The van der Waals surface area contributed by atoms with Crippen molar-refractivity contribution in [2.75, 3.05) is 17.1 Å². The smallest absolute Gasteiger partial charge is 0.243 e. The highest BCUT2D eigenvalue weighted by molar-refractivity contribution is 7.92. The molecule has 0 aromatic heterocycles. The number of hydrogen-bond donors (Lipinski definition) is 1. The Hall–Kier alpha value is -2.58. The van der Waals surface area contributed by atoms with Gasteiger partial charge in [0.05, 0.1) is 11.9 Å². The molecule has 1 fully saturated rings. The molecule has 0 radical (unpaired) electrons. The predicted molar refractivity (Wildman–Crippen MR) is 154 cm³/mol. The number of carbonyl (C=O) groups is 2. The Morgan fingerprint density at radius 3 is 2.42 bits per heavy atom. The second-order valence-corrected chi connectivity index (χ2v) is 12.5. The molecule has 1 N–H and O–H groups in total. The standard InChI is InChI=1S/C29H40ClN3O4S/c1-4-27(29(35)31-25-14-6-5-7-15-25)32(21-23-12-8-11-22(2)19-23)28(34)17-10-18-33(38(3,36)37)26-16-9-13-24(30)20-26/h8-9,11-13,16,19-20,25,27H,4-7,10,14-15,17-18,21H2,1-3H3,(H,31,35)/t27-/m1/s1. The van der Waals surface area contributed by atoms with Crippen molar-refractivity contribution in [2.24, 2.45) is 0 Å². The SMILES string of the molecule is CC[C@H](C(=O)NC1CCCCC1)N(Cc1cccc(C)c1)C(=O)CCCN(c1cccc(Cl)c1)S(C)(=O)=O. The highest BCUT2D eigenvalue weighted by Gasteiger charge is 2.30. The number of hydrogen-bond acceptors (Lipinski definition) is 4. The monoisotopic (exact) mass is 561 g/mol. The Kier molecular flexibility index (Phi) is 11.0. The zero-order valence-electron chi connectivity index (χ0n) is 22.7. The molecule has 1 atom stereocenters. The van der Waals surface area contributed by atoms with Crippen molar-refractivity contribution < 1.29 is 18.0 Å². The van der Waals surface area contributed by atoms with Gasteiger partial charge >= 0.3 is 0 Å². The first-order valence-corrected chi connectivity index (χ1v) is 15.7. The molecule has 0 unspecified atom stereocenters. The third kappa shape index (κ3) is 8.73. The van der Waals surface area contributed by atoms with Gasteiger partial charge in [-0.2, -0.15) is 0 Å². The Balaban J connectivity index is 1.76. The van der Waals surface area contributed by atoms with E-state index in [2.05, 4.69) is 5.32 Å². The lowest BCUT2D eigenvalue weighted by Gasteiger charge is -2.33. The zero-order valence-corrected chi connectivity index (χ0v) is 24.2. The highest BCUT2D eigenvalue weighted by Crippen LogP contribution is 2.23. The van der Waals surface area contributed by atoms with Crippen molar-refractivity contribution in [1.82, 2.24) is 10.2 Å². The van der Waals surface area contributed by atoms with Crippen molar-refractivity contribution in [3.8, 4) is 0 Å². The molecule has 1 aliphatic rings. The van der Waals surface area contributed by atoms with Gasteiger partial charge in [-0.25, -0.2) is 8.42 Å². The zero-order chi connectivity index (χ0) is 27.7. The van der Waals surface area contributed by atoms with Crippen LogP contribution >= 0.6 is 11.6 Å². The normalized spacial score (nSPS) is 15.1. The largest absolute Gasteiger partial charge is 0.352 e. The van der Waals surface area contributed by atoms with Gasteiger partial charge in [0.2, 0.25) is 21.8 Å². The number of halogens is 1. The first-order valence-electron chi connectivity index (χ1n) is 13.5. The molecule has 0 heterocycles. The van der Waals surface area contributed by atoms with Crippen LogP contribution in [-0.2, 0) is 26.2 Å². The highest BCUT2D eigenvalue weighted by atomic mass is 35.5. The van der Waals surface area contributed by atoms with Gasteiger partial charge in [-0.1, -0.05) is 73.7 Å². The third-order valence-corrected chi connectivity index (χ3v) is 8.45. The van der Waals surface area contributed by atoms with Crippen LogP contribution in [0.15, 0.2) is 48.5 Å². The summed E-state index contributed by atoms with van der Waals surface area (Å²) in [6, 6.07) is 14.1. The van der Waals surface area contributed by atoms with Gasteiger partial charge in [0.25, 0.3) is 0 Å². The predicted octanol–water partition coefficient (Wildman–Crippen LogP) is 5.45. The molecule has 1 aliphatic carbocycles. The Morgan fingerprint density at radius 2 is 1.79 bits per heavy atom. The number of carbonyl (C=O) groups excluding carboxylic acids is 2. The second-order valence-electron chi connectivity index (χ2n) is 10.2. The van der Waals surface area contributed by atoms with E-state index in [9.17, 15) is 18.0 Å². The maximum Gasteiger partial charge on any atom is 0.243 e. The number of rotatable bonds is 12. The van der Waals surface area contributed by atoms with E-state index < -0.39 is 16.1 Å². The number of benzene rings is 2. The van der Waals surface area contributed by atoms with Gasteiger partial charge in [0, 0.05) is 30.6 Å². The van der Waals surface area contributed by atoms with E-state index in [1.54, 1.807) is 29.2 Å².